The van der Waals surface area contributed by atoms with Crippen LogP contribution < -0.4 is 5.73 Å². The lowest BCUT2D eigenvalue weighted by Gasteiger charge is -2.22. The van der Waals surface area contributed by atoms with Crippen LogP contribution in [0.4, 0.5) is 13.2 Å². The SMILES string of the molecule is CC(C)C1(c2cccc(C(F)(F)F)c2)C[C@H]1N. The molecule has 1 aromatic rings. The highest BCUT2D eigenvalue weighted by molar-refractivity contribution is 5.39. The highest BCUT2D eigenvalue weighted by atomic mass is 19.4. The molecule has 2 rings (SSSR count). The Balaban J connectivity index is 2.41. The van der Waals surface area contributed by atoms with Gasteiger partial charge < -0.3 is 5.73 Å². The fraction of sp³-hybridized carbons (Fsp3) is 0.538. The number of alkyl halides is 3. The summed E-state index contributed by atoms with van der Waals surface area (Å²) in [6.45, 7) is 4.01. The van der Waals surface area contributed by atoms with Crippen LogP contribution >= 0.6 is 0 Å². The second kappa shape index (κ2) is 3.73. The third kappa shape index (κ3) is 1.95. The van der Waals surface area contributed by atoms with Gasteiger partial charge in [-0.3, -0.25) is 0 Å². The average molecular weight is 243 g/mol. The molecule has 0 saturated heterocycles. The summed E-state index contributed by atoms with van der Waals surface area (Å²) in [6, 6.07) is 5.54. The van der Waals surface area contributed by atoms with E-state index in [9.17, 15) is 13.2 Å². The first-order valence-corrected chi connectivity index (χ1v) is 5.72. The third-order valence-electron chi connectivity index (χ3n) is 3.82. The van der Waals surface area contributed by atoms with Crippen LogP contribution in [0.5, 0.6) is 0 Å². The third-order valence-corrected chi connectivity index (χ3v) is 3.82. The molecule has 0 bridgehead atoms. The van der Waals surface area contributed by atoms with E-state index >= 15 is 0 Å². The molecular weight excluding hydrogens is 227 g/mol. The van der Waals surface area contributed by atoms with E-state index in [1.54, 1.807) is 6.07 Å². The Hall–Kier alpha value is -1.03. The minimum atomic E-state index is -4.28. The minimum Gasteiger partial charge on any atom is -0.327 e. The van der Waals surface area contributed by atoms with Crippen molar-refractivity contribution in [3.63, 3.8) is 0 Å². The second-order valence-corrected chi connectivity index (χ2v) is 5.08. The summed E-state index contributed by atoms with van der Waals surface area (Å²) in [5, 5.41) is 0. The Morgan fingerprint density at radius 2 is 1.94 bits per heavy atom. The molecule has 1 aromatic carbocycles. The molecule has 1 aliphatic carbocycles. The molecule has 1 unspecified atom stereocenters. The summed E-state index contributed by atoms with van der Waals surface area (Å²) >= 11 is 0. The van der Waals surface area contributed by atoms with Gasteiger partial charge in [-0.1, -0.05) is 32.0 Å². The maximum Gasteiger partial charge on any atom is 0.416 e. The van der Waals surface area contributed by atoms with Crippen molar-refractivity contribution in [2.24, 2.45) is 11.7 Å². The average Bonchev–Trinajstić information content (AvgIpc) is 2.90. The standard InChI is InChI=1S/C13H16F3N/c1-8(2)12(7-11(12)17)9-4-3-5-10(6-9)13(14,15)16/h3-6,8,11H,7,17H2,1-2H3/t11-,12?/m1/s1. The van der Waals surface area contributed by atoms with Crippen LogP contribution in [0, 0.1) is 5.92 Å². The van der Waals surface area contributed by atoms with E-state index in [2.05, 4.69) is 0 Å². The molecular formula is C13H16F3N. The van der Waals surface area contributed by atoms with E-state index in [1.807, 2.05) is 13.8 Å². The van der Waals surface area contributed by atoms with E-state index in [0.29, 0.717) is 0 Å². The van der Waals surface area contributed by atoms with Crippen LogP contribution in [0.2, 0.25) is 0 Å². The van der Waals surface area contributed by atoms with Crippen LogP contribution in [0.15, 0.2) is 24.3 Å². The molecule has 2 N–H and O–H groups in total. The van der Waals surface area contributed by atoms with Crippen molar-refractivity contribution in [3.05, 3.63) is 35.4 Å². The van der Waals surface area contributed by atoms with Gasteiger partial charge in [0.1, 0.15) is 0 Å². The Morgan fingerprint density at radius 1 is 1.35 bits per heavy atom. The van der Waals surface area contributed by atoms with Gasteiger partial charge >= 0.3 is 6.18 Å². The van der Waals surface area contributed by atoms with Crippen molar-refractivity contribution < 1.29 is 13.2 Å². The second-order valence-electron chi connectivity index (χ2n) is 5.08. The topological polar surface area (TPSA) is 26.0 Å². The first kappa shape index (κ1) is 12.4. The summed E-state index contributed by atoms with van der Waals surface area (Å²) in [7, 11) is 0. The number of benzene rings is 1. The zero-order valence-electron chi connectivity index (χ0n) is 9.88. The van der Waals surface area contributed by atoms with Crippen LogP contribution in [-0.4, -0.2) is 6.04 Å². The molecule has 0 heterocycles. The zero-order valence-corrected chi connectivity index (χ0v) is 9.88. The van der Waals surface area contributed by atoms with Gasteiger partial charge in [-0.25, -0.2) is 0 Å². The molecule has 0 radical (unpaired) electrons. The van der Waals surface area contributed by atoms with Crippen molar-refractivity contribution in [2.75, 3.05) is 0 Å². The minimum absolute atomic E-state index is 0.0222. The first-order chi connectivity index (χ1) is 7.78. The Bertz CT molecular complexity index is 425. The molecule has 17 heavy (non-hydrogen) atoms. The Kier molecular flexibility index (Phi) is 2.73. The summed E-state index contributed by atoms with van der Waals surface area (Å²) in [6.07, 6.45) is -3.51. The van der Waals surface area contributed by atoms with Crippen molar-refractivity contribution in [2.45, 2.75) is 37.9 Å². The van der Waals surface area contributed by atoms with Crippen LogP contribution in [-0.2, 0) is 11.6 Å². The van der Waals surface area contributed by atoms with Gasteiger partial charge in [-0.2, -0.15) is 13.2 Å². The maximum atomic E-state index is 12.6. The predicted molar refractivity (Wildman–Crippen MR) is 60.6 cm³/mol. The molecule has 0 aliphatic heterocycles. The molecule has 0 aromatic heterocycles. The first-order valence-electron chi connectivity index (χ1n) is 5.72. The van der Waals surface area contributed by atoms with Gasteiger partial charge in [0, 0.05) is 11.5 Å². The summed E-state index contributed by atoms with van der Waals surface area (Å²) in [4.78, 5) is 0. The fourth-order valence-electron chi connectivity index (χ4n) is 2.62. The highest BCUT2D eigenvalue weighted by Gasteiger charge is 2.55. The van der Waals surface area contributed by atoms with Gasteiger partial charge in [0.2, 0.25) is 0 Å². The lowest BCUT2D eigenvalue weighted by molar-refractivity contribution is -0.137. The number of hydrogen-bond acceptors (Lipinski definition) is 1. The zero-order chi connectivity index (χ0) is 12.8. The van der Waals surface area contributed by atoms with Crippen LogP contribution in [0.25, 0.3) is 0 Å². The normalized spacial score (nSPS) is 28.5. The number of hydrogen-bond donors (Lipinski definition) is 1. The maximum absolute atomic E-state index is 12.6. The van der Waals surface area contributed by atoms with Gasteiger partial charge in [0.15, 0.2) is 0 Å². The molecule has 1 fully saturated rings. The summed E-state index contributed by atoms with van der Waals surface area (Å²) < 4.78 is 37.9. The largest absolute Gasteiger partial charge is 0.416 e. The van der Waals surface area contributed by atoms with Gasteiger partial charge in [-0.05, 0) is 24.0 Å². The van der Waals surface area contributed by atoms with Gasteiger partial charge in [-0.15, -0.1) is 0 Å². The van der Waals surface area contributed by atoms with E-state index in [0.717, 1.165) is 18.1 Å². The van der Waals surface area contributed by atoms with E-state index in [1.165, 1.54) is 12.1 Å². The number of rotatable bonds is 2. The molecule has 0 amide bonds. The molecule has 0 spiro atoms. The lowest BCUT2D eigenvalue weighted by Crippen LogP contribution is -2.24. The molecule has 94 valence electrons. The van der Waals surface area contributed by atoms with Gasteiger partial charge in [0.05, 0.1) is 5.56 Å². The van der Waals surface area contributed by atoms with Crippen molar-refractivity contribution >= 4 is 0 Å². The van der Waals surface area contributed by atoms with E-state index in [-0.39, 0.29) is 17.4 Å². The monoisotopic (exact) mass is 243 g/mol. The van der Waals surface area contributed by atoms with E-state index < -0.39 is 11.7 Å². The van der Waals surface area contributed by atoms with Gasteiger partial charge in [0.25, 0.3) is 0 Å². The molecule has 1 nitrogen and oxygen atoms in total. The lowest BCUT2D eigenvalue weighted by atomic mass is 9.83. The number of halogens is 3. The Morgan fingerprint density at radius 3 is 2.35 bits per heavy atom. The summed E-state index contributed by atoms with van der Waals surface area (Å²) in [5.41, 5.74) is 5.78. The molecule has 4 heteroatoms. The van der Waals surface area contributed by atoms with Crippen molar-refractivity contribution in [1.82, 2.24) is 0 Å². The fourth-order valence-corrected chi connectivity index (χ4v) is 2.62. The van der Waals surface area contributed by atoms with Crippen LogP contribution in [0.1, 0.15) is 31.4 Å². The van der Waals surface area contributed by atoms with E-state index in [4.69, 9.17) is 5.73 Å². The number of nitrogens with two attached hydrogens (primary N) is 1. The van der Waals surface area contributed by atoms with Crippen molar-refractivity contribution in [3.8, 4) is 0 Å². The molecule has 1 saturated carbocycles. The summed E-state index contributed by atoms with van der Waals surface area (Å²) in [5.74, 6) is 0.251. The van der Waals surface area contributed by atoms with Crippen molar-refractivity contribution in [1.29, 1.82) is 0 Å². The highest BCUT2D eigenvalue weighted by Crippen LogP contribution is 2.53. The Labute approximate surface area is 98.8 Å². The predicted octanol–water partition coefficient (Wildman–Crippen LogP) is 3.33. The molecule has 2 atom stereocenters. The smallest absolute Gasteiger partial charge is 0.327 e. The van der Waals surface area contributed by atoms with Crippen LogP contribution in [0.3, 0.4) is 0 Å². The quantitative estimate of drug-likeness (QED) is 0.847. The molecule has 1 aliphatic rings.